The first-order chi connectivity index (χ1) is 9.34. The number of halogens is 1. The SMILES string of the molecule is NS(=O)(=O)C1CC(=O)N(c2nc3ccc(Br)cc3s2)C1. The summed E-state index contributed by atoms with van der Waals surface area (Å²) in [6.07, 6.45) is -0.0849. The number of carbonyl (C=O) groups is 1. The molecule has 6 nitrogen and oxygen atoms in total. The first-order valence-corrected chi connectivity index (χ1v) is 8.94. The summed E-state index contributed by atoms with van der Waals surface area (Å²) in [4.78, 5) is 17.7. The molecule has 2 N–H and O–H groups in total. The van der Waals surface area contributed by atoms with Gasteiger partial charge in [-0.3, -0.25) is 9.69 Å². The number of amides is 1. The van der Waals surface area contributed by atoms with Crippen molar-refractivity contribution in [2.24, 2.45) is 5.14 Å². The fraction of sp³-hybridized carbons (Fsp3) is 0.273. The van der Waals surface area contributed by atoms with E-state index >= 15 is 0 Å². The predicted octanol–water partition coefficient (Wildman–Crippen LogP) is 1.45. The minimum atomic E-state index is -3.71. The van der Waals surface area contributed by atoms with E-state index in [1.54, 1.807) is 0 Å². The molecule has 1 aromatic carbocycles. The summed E-state index contributed by atoms with van der Waals surface area (Å²) >= 11 is 4.73. The Bertz CT molecular complexity index is 802. The van der Waals surface area contributed by atoms with Crippen molar-refractivity contribution in [3.63, 3.8) is 0 Å². The van der Waals surface area contributed by atoms with Crippen LogP contribution in [0, 0.1) is 0 Å². The lowest BCUT2D eigenvalue weighted by atomic mass is 10.3. The fourth-order valence-corrected chi connectivity index (χ4v) is 4.36. The van der Waals surface area contributed by atoms with Crippen molar-refractivity contribution < 1.29 is 13.2 Å². The number of primary sulfonamides is 1. The molecule has 0 aliphatic carbocycles. The average molecular weight is 376 g/mol. The largest absolute Gasteiger partial charge is 0.287 e. The quantitative estimate of drug-likeness (QED) is 0.859. The van der Waals surface area contributed by atoms with Crippen molar-refractivity contribution in [1.29, 1.82) is 0 Å². The van der Waals surface area contributed by atoms with Gasteiger partial charge in [0, 0.05) is 17.4 Å². The molecule has 0 saturated carbocycles. The predicted molar refractivity (Wildman–Crippen MR) is 81.2 cm³/mol. The van der Waals surface area contributed by atoms with Gasteiger partial charge in [-0.05, 0) is 18.2 Å². The second-order valence-electron chi connectivity index (χ2n) is 4.53. The van der Waals surface area contributed by atoms with E-state index in [0.29, 0.717) is 5.13 Å². The van der Waals surface area contributed by atoms with Crippen molar-refractivity contribution in [1.82, 2.24) is 4.98 Å². The molecule has 1 aliphatic rings. The molecule has 1 atom stereocenters. The Morgan fingerprint density at radius 1 is 1.45 bits per heavy atom. The Balaban J connectivity index is 1.97. The molecule has 1 aliphatic heterocycles. The van der Waals surface area contributed by atoms with Crippen LogP contribution < -0.4 is 10.0 Å². The first kappa shape index (κ1) is 13.9. The highest BCUT2D eigenvalue weighted by atomic mass is 79.9. The molecule has 1 saturated heterocycles. The van der Waals surface area contributed by atoms with Crippen LogP contribution in [0.5, 0.6) is 0 Å². The third-order valence-corrected chi connectivity index (χ3v) is 5.90. The molecule has 106 valence electrons. The van der Waals surface area contributed by atoms with Crippen molar-refractivity contribution in [3.05, 3.63) is 22.7 Å². The van der Waals surface area contributed by atoms with Crippen LogP contribution in [0.25, 0.3) is 10.2 Å². The van der Waals surface area contributed by atoms with Gasteiger partial charge in [-0.1, -0.05) is 27.3 Å². The van der Waals surface area contributed by atoms with Crippen molar-refractivity contribution in [3.8, 4) is 0 Å². The van der Waals surface area contributed by atoms with Gasteiger partial charge in [-0.15, -0.1) is 0 Å². The number of aromatic nitrogens is 1. The minimum Gasteiger partial charge on any atom is -0.287 e. The van der Waals surface area contributed by atoms with E-state index in [0.717, 1.165) is 14.7 Å². The van der Waals surface area contributed by atoms with Crippen LogP contribution in [0.2, 0.25) is 0 Å². The van der Waals surface area contributed by atoms with E-state index in [1.807, 2.05) is 18.2 Å². The van der Waals surface area contributed by atoms with Crippen LogP contribution in [0.3, 0.4) is 0 Å². The number of carbonyl (C=O) groups excluding carboxylic acids is 1. The lowest BCUT2D eigenvalue weighted by Crippen LogP contribution is -2.32. The van der Waals surface area contributed by atoms with E-state index < -0.39 is 15.3 Å². The second-order valence-corrected chi connectivity index (χ2v) is 8.30. The molecule has 1 fully saturated rings. The molecule has 2 aromatic rings. The van der Waals surface area contributed by atoms with Crippen molar-refractivity contribution >= 4 is 58.5 Å². The number of fused-ring (bicyclic) bond motifs is 1. The zero-order valence-corrected chi connectivity index (χ0v) is 13.3. The van der Waals surface area contributed by atoms with E-state index in [9.17, 15) is 13.2 Å². The average Bonchev–Trinajstić information content (AvgIpc) is 2.90. The molecule has 1 aromatic heterocycles. The molecule has 9 heteroatoms. The number of anilines is 1. The third kappa shape index (κ3) is 2.46. The lowest BCUT2D eigenvalue weighted by Gasteiger charge is -2.11. The van der Waals surface area contributed by atoms with Crippen molar-refractivity contribution in [2.45, 2.75) is 11.7 Å². The Morgan fingerprint density at radius 2 is 2.20 bits per heavy atom. The lowest BCUT2D eigenvalue weighted by molar-refractivity contribution is -0.117. The monoisotopic (exact) mass is 375 g/mol. The Labute approximate surface area is 127 Å². The highest BCUT2D eigenvalue weighted by molar-refractivity contribution is 9.10. The summed E-state index contributed by atoms with van der Waals surface area (Å²) in [5, 5.41) is 4.76. The van der Waals surface area contributed by atoms with Crippen LogP contribution in [-0.4, -0.2) is 31.1 Å². The third-order valence-electron chi connectivity index (χ3n) is 3.12. The molecule has 0 spiro atoms. The number of sulfonamides is 1. The summed E-state index contributed by atoms with van der Waals surface area (Å²) in [5.74, 6) is -0.262. The number of thiazole rings is 1. The zero-order valence-electron chi connectivity index (χ0n) is 10.1. The minimum absolute atomic E-state index is 0.0681. The Kier molecular flexibility index (Phi) is 3.32. The van der Waals surface area contributed by atoms with Gasteiger partial charge >= 0.3 is 0 Å². The van der Waals surface area contributed by atoms with Gasteiger partial charge in [0.15, 0.2) is 5.13 Å². The number of benzene rings is 1. The smallest absolute Gasteiger partial charge is 0.230 e. The van der Waals surface area contributed by atoms with E-state index in [2.05, 4.69) is 20.9 Å². The molecule has 0 radical (unpaired) electrons. The number of hydrogen-bond acceptors (Lipinski definition) is 5. The first-order valence-electron chi connectivity index (χ1n) is 5.72. The molecular weight excluding hydrogens is 366 g/mol. The number of rotatable bonds is 2. The molecule has 20 heavy (non-hydrogen) atoms. The van der Waals surface area contributed by atoms with Gasteiger partial charge in [0.25, 0.3) is 0 Å². The van der Waals surface area contributed by atoms with Crippen LogP contribution in [-0.2, 0) is 14.8 Å². The van der Waals surface area contributed by atoms with Gasteiger partial charge in [0.05, 0.1) is 10.2 Å². The molecule has 1 amide bonds. The maximum atomic E-state index is 11.9. The second kappa shape index (κ2) is 4.76. The van der Waals surface area contributed by atoms with Gasteiger partial charge < -0.3 is 0 Å². The molecular formula is C11H10BrN3O3S2. The molecule has 1 unspecified atom stereocenters. The molecule has 3 rings (SSSR count). The molecule has 2 heterocycles. The summed E-state index contributed by atoms with van der Waals surface area (Å²) in [6.45, 7) is 0.0681. The maximum absolute atomic E-state index is 11.9. The van der Waals surface area contributed by atoms with Crippen LogP contribution >= 0.6 is 27.3 Å². The number of hydrogen-bond donors (Lipinski definition) is 1. The zero-order chi connectivity index (χ0) is 14.5. The van der Waals surface area contributed by atoms with Crippen LogP contribution in [0.1, 0.15) is 6.42 Å². The highest BCUT2D eigenvalue weighted by Crippen LogP contribution is 2.33. The topological polar surface area (TPSA) is 93.4 Å². The normalized spacial score (nSPS) is 20.0. The number of nitrogens with two attached hydrogens (primary N) is 1. The summed E-state index contributed by atoms with van der Waals surface area (Å²) in [7, 11) is -3.71. The van der Waals surface area contributed by atoms with Crippen LogP contribution in [0.4, 0.5) is 5.13 Å². The van der Waals surface area contributed by atoms with Gasteiger partial charge in [0.2, 0.25) is 15.9 Å². The van der Waals surface area contributed by atoms with Gasteiger partial charge in [-0.2, -0.15) is 0 Å². The van der Waals surface area contributed by atoms with E-state index in [1.165, 1.54) is 16.2 Å². The summed E-state index contributed by atoms with van der Waals surface area (Å²) in [6, 6.07) is 5.62. The van der Waals surface area contributed by atoms with Gasteiger partial charge in [-0.25, -0.2) is 18.5 Å². The molecule has 0 bridgehead atoms. The van der Waals surface area contributed by atoms with E-state index in [4.69, 9.17) is 5.14 Å². The Hall–Kier alpha value is -1.03. The highest BCUT2D eigenvalue weighted by Gasteiger charge is 2.38. The number of nitrogens with zero attached hydrogens (tertiary/aromatic N) is 2. The standard InChI is InChI=1S/C11H10BrN3O3S2/c12-6-1-2-8-9(3-6)19-11(14-8)15-5-7(4-10(15)16)20(13,17)18/h1-3,7H,4-5H2,(H2,13,17,18). The van der Waals surface area contributed by atoms with Crippen molar-refractivity contribution in [2.75, 3.05) is 11.4 Å². The summed E-state index contributed by atoms with van der Waals surface area (Å²) in [5.41, 5.74) is 0.778. The summed E-state index contributed by atoms with van der Waals surface area (Å²) < 4.78 is 24.6. The fourth-order valence-electron chi connectivity index (χ4n) is 2.08. The maximum Gasteiger partial charge on any atom is 0.230 e. The van der Waals surface area contributed by atoms with E-state index in [-0.39, 0.29) is 18.9 Å². The Morgan fingerprint density at radius 3 is 2.85 bits per heavy atom. The van der Waals surface area contributed by atoms with Gasteiger partial charge in [0.1, 0.15) is 5.25 Å². The van der Waals surface area contributed by atoms with Crippen LogP contribution in [0.15, 0.2) is 22.7 Å².